The van der Waals surface area contributed by atoms with Crippen LogP contribution < -0.4 is 5.32 Å². The number of aliphatic hydroxyl groups excluding tert-OH is 1. The number of amides is 1. The van der Waals surface area contributed by atoms with Crippen LogP contribution in [0.2, 0.25) is 0 Å². The Hall–Kier alpha value is -2.18. The molecule has 236 valence electrons. The third kappa shape index (κ3) is 5.49. The summed E-state index contributed by atoms with van der Waals surface area (Å²) in [5.41, 5.74) is 4.30. The first-order chi connectivity index (χ1) is 20.6. The molecule has 9 atom stereocenters. The van der Waals surface area contributed by atoms with Crippen LogP contribution in [0, 0.1) is 34.5 Å². The fourth-order valence-electron chi connectivity index (χ4n) is 10.6. The number of allylic oxidation sites excluding steroid dienone is 2. The molecule has 0 spiro atoms. The molecular weight excluding hydrogens is 534 g/mol. The second-order valence-corrected chi connectivity index (χ2v) is 15.5. The number of nitrogens with one attached hydrogen (secondary N) is 1. The molecule has 1 aromatic carbocycles. The van der Waals surface area contributed by atoms with Crippen LogP contribution in [0.1, 0.15) is 97.5 Å². The van der Waals surface area contributed by atoms with Crippen LogP contribution in [0.4, 0.5) is 0 Å². The minimum Gasteiger partial charge on any atom is -0.393 e. The van der Waals surface area contributed by atoms with Gasteiger partial charge in [0, 0.05) is 24.5 Å². The van der Waals surface area contributed by atoms with Gasteiger partial charge in [0.15, 0.2) is 6.61 Å². The SMILES string of the molecule is C[C@@H]1C[C@](CCNC(=O)CON=C2C=C3CC[C@@H]4[C@@H](CC[C@@]5(C)[C@@H](O)CC[C@@H]45)[C@]3(C)CC2)(c2ccccc2)[C@H](C)CN1C. The van der Waals surface area contributed by atoms with Crippen molar-refractivity contribution in [1.82, 2.24) is 10.2 Å². The number of fused-ring (bicyclic) bond motifs is 5. The van der Waals surface area contributed by atoms with E-state index >= 15 is 0 Å². The van der Waals surface area contributed by atoms with Crippen molar-refractivity contribution in [3.05, 3.63) is 47.5 Å². The summed E-state index contributed by atoms with van der Waals surface area (Å²) in [6.45, 7) is 11.2. The predicted octanol–water partition coefficient (Wildman–Crippen LogP) is 6.49. The summed E-state index contributed by atoms with van der Waals surface area (Å²) in [6, 6.07) is 11.4. The predicted molar refractivity (Wildman–Crippen MR) is 173 cm³/mol. The monoisotopic (exact) mass is 589 g/mol. The highest BCUT2D eigenvalue weighted by Crippen LogP contribution is 2.65. The highest BCUT2D eigenvalue weighted by atomic mass is 16.6. The van der Waals surface area contributed by atoms with E-state index in [4.69, 9.17) is 4.84 Å². The maximum absolute atomic E-state index is 12.8. The molecule has 0 radical (unpaired) electrons. The van der Waals surface area contributed by atoms with E-state index in [1.165, 1.54) is 30.4 Å². The van der Waals surface area contributed by atoms with Crippen molar-refractivity contribution in [3.63, 3.8) is 0 Å². The first-order valence-electron chi connectivity index (χ1n) is 17.2. The highest BCUT2D eigenvalue weighted by Gasteiger charge is 2.58. The van der Waals surface area contributed by atoms with E-state index in [9.17, 15) is 9.90 Å². The molecule has 6 heteroatoms. The average molecular weight is 590 g/mol. The first-order valence-corrected chi connectivity index (χ1v) is 17.2. The summed E-state index contributed by atoms with van der Waals surface area (Å²) < 4.78 is 0. The number of rotatable bonds is 7. The molecule has 5 aliphatic rings. The van der Waals surface area contributed by atoms with Gasteiger partial charge in [-0.15, -0.1) is 0 Å². The number of likely N-dealkylation sites (tertiary alicyclic amines) is 1. The Morgan fingerprint density at radius 3 is 2.65 bits per heavy atom. The van der Waals surface area contributed by atoms with Crippen molar-refractivity contribution < 1.29 is 14.7 Å². The van der Waals surface area contributed by atoms with Gasteiger partial charge in [0.1, 0.15) is 0 Å². The first kappa shape index (κ1) is 30.8. The van der Waals surface area contributed by atoms with Crippen molar-refractivity contribution >= 4 is 11.6 Å². The molecule has 4 aliphatic carbocycles. The van der Waals surface area contributed by atoms with Crippen LogP contribution in [0.15, 0.2) is 47.1 Å². The van der Waals surface area contributed by atoms with Crippen LogP contribution in [0.25, 0.3) is 0 Å². The van der Waals surface area contributed by atoms with E-state index in [1.807, 2.05) is 0 Å². The molecule has 1 aliphatic heterocycles. The summed E-state index contributed by atoms with van der Waals surface area (Å²) in [4.78, 5) is 20.9. The van der Waals surface area contributed by atoms with E-state index in [-0.39, 0.29) is 34.9 Å². The molecular formula is C37H55N3O3. The van der Waals surface area contributed by atoms with Crippen molar-refractivity contribution in [2.45, 2.75) is 109 Å². The number of hydrogen-bond donors (Lipinski definition) is 2. The van der Waals surface area contributed by atoms with Gasteiger partial charge in [-0.25, -0.2) is 0 Å². The van der Waals surface area contributed by atoms with E-state index in [1.54, 1.807) is 0 Å². The van der Waals surface area contributed by atoms with Crippen molar-refractivity contribution in [2.24, 2.45) is 39.7 Å². The number of carbonyl (C=O) groups is 1. The van der Waals surface area contributed by atoms with Crippen LogP contribution in [0.5, 0.6) is 0 Å². The molecule has 6 rings (SSSR count). The van der Waals surface area contributed by atoms with Gasteiger partial charge < -0.3 is 20.2 Å². The number of hydrogen-bond acceptors (Lipinski definition) is 5. The standard InChI is InChI=1S/C37H55N3O3/c1-25-23-40(5)26(2)22-37(25,27-9-7-6-8-10-27)19-20-38-34(42)24-43-39-29-15-17-35(3)28(21-29)11-12-30-31-13-14-33(41)36(31,4)18-16-32(30)35/h6-10,21,25-26,30-33,41H,11-20,22-24H2,1-5H3,(H,38,42)/t25-,26-,30+,31+,32-,33+,35-,36-,37+/m1/s1. The topological polar surface area (TPSA) is 74.2 Å². The molecule has 1 aromatic rings. The fraction of sp³-hybridized carbons (Fsp3) is 0.730. The van der Waals surface area contributed by atoms with Crippen LogP contribution in [-0.2, 0) is 15.0 Å². The molecule has 1 amide bonds. The summed E-state index contributed by atoms with van der Waals surface area (Å²) in [6.07, 6.45) is 13.1. The number of piperidine rings is 1. The molecule has 2 N–H and O–H groups in total. The Bertz CT molecular complexity index is 1230. The molecule has 3 saturated carbocycles. The molecule has 1 saturated heterocycles. The van der Waals surface area contributed by atoms with Crippen molar-refractivity contribution in [2.75, 3.05) is 26.7 Å². The minimum atomic E-state index is -0.117. The maximum Gasteiger partial charge on any atom is 0.260 e. The van der Waals surface area contributed by atoms with Crippen LogP contribution >= 0.6 is 0 Å². The van der Waals surface area contributed by atoms with Gasteiger partial charge in [-0.1, -0.05) is 61.8 Å². The van der Waals surface area contributed by atoms with E-state index in [2.05, 4.69) is 86.5 Å². The maximum atomic E-state index is 12.8. The van der Waals surface area contributed by atoms with E-state index in [0.29, 0.717) is 30.3 Å². The average Bonchev–Trinajstić information content (AvgIpc) is 3.30. The summed E-state index contributed by atoms with van der Waals surface area (Å²) in [5.74, 6) is 2.51. The molecule has 0 unspecified atom stereocenters. The zero-order chi connectivity index (χ0) is 30.4. The quantitative estimate of drug-likeness (QED) is 0.357. The lowest BCUT2D eigenvalue weighted by Gasteiger charge is -2.57. The molecule has 0 bridgehead atoms. The minimum absolute atomic E-state index is 0.0374. The summed E-state index contributed by atoms with van der Waals surface area (Å²) in [7, 11) is 2.22. The Morgan fingerprint density at radius 1 is 1.07 bits per heavy atom. The van der Waals surface area contributed by atoms with Crippen molar-refractivity contribution in [3.8, 4) is 0 Å². The van der Waals surface area contributed by atoms with E-state index < -0.39 is 0 Å². The van der Waals surface area contributed by atoms with Crippen LogP contribution in [-0.4, -0.2) is 60.5 Å². The lowest BCUT2D eigenvalue weighted by Crippen LogP contribution is -2.52. The lowest BCUT2D eigenvalue weighted by molar-refractivity contribution is -0.125. The molecule has 0 aromatic heterocycles. The van der Waals surface area contributed by atoms with Gasteiger partial charge in [0.2, 0.25) is 0 Å². The molecule has 6 nitrogen and oxygen atoms in total. The Morgan fingerprint density at radius 2 is 1.86 bits per heavy atom. The largest absolute Gasteiger partial charge is 0.393 e. The Labute approximate surface area is 259 Å². The summed E-state index contributed by atoms with van der Waals surface area (Å²) >= 11 is 0. The highest BCUT2D eigenvalue weighted by molar-refractivity contribution is 5.96. The molecule has 1 heterocycles. The number of nitrogens with zero attached hydrogens (tertiary/aromatic N) is 2. The number of aliphatic hydroxyl groups is 1. The molecule has 43 heavy (non-hydrogen) atoms. The fourth-order valence-corrected chi connectivity index (χ4v) is 10.6. The smallest absolute Gasteiger partial charge is 0.260 e. The number of benzene rings is 1. The third-order valence-corrected chi connectivity index (χ3v) is 13.5. The van der Waals surface area contributed by atoms with Gasteiger partial charge >= 0.3 is 0 Å². The zero-order valence-corrected chi connectivity index (χ0v) is 27.3. The third-order valence-electron chi connectivity index (χ3n) is 13.5. The number of carbonyl (C=O) groups excluding carboxylic acids is 1. The normalized spacial score (nSPS) is 42.0. The van der Waals surface area contributed by atoms with Gasteiger partial charge in [0.05, 0.1) is 11.8 Å². The van der Waals surface area contributed by atoms with E-state index in [0.717, 1.165) is 63.1 Å². The zero-order valence-electron chi connectivity index (χ0n) is 27.3. The van der Waals surface area contributed by atoms with Gasteiger partial charge in [0.25, 0.3) is 5.91 Å². The van der Waals surface area contributed by atoms with Gasteiger partial charge in [-0.2, -0.15) is 0 Å². The van der Waals surface area contributed by atoms with Gasteiger partial charge in [-0.05, 0) is 124 Å². The lowest BCUT2D eigenvalue weighted by atomic mass is 9.47. The Kier molecular flexibility index (Phi) is 8.58. The van der Waals surface area contributed by atoms with Gasteiger partial charge in [-0.3, -0.25) is 4.79 Å². The van der Waals surface area contributed by atoms with Crippen molar-refractivity contribution in [1.29, 1.82) is 0 Å². The van der Waals surface area contributed by atoms with Crippen LogP contribution in [0.3, 0.4) is 0 Å². The second-order valence-electron chi connectivity index (χ2n) is 15.5. The second kappa shape index (κ2) is 12.0. The Balaban J connectivity index is 1.03. The number of oxime groups is 1. The molecule has 4 fully saturated rings. The summed E-state index contributed by atoms with van der Waals surface area (Å²) in [5, 5.41) is 18.3.